The normalized spacial score (nSPS) is 10.5. The van der Waals surface area contributed by atoms with E-state index in [2.05, 4.69) is 45.3 Å². The zero-order chi connectivity index (χ0) is 15.5. The van der Waals surface area contributed by atoms with Gasteiger partial charge in [0, 0.05) is 21.0 Å². The lowest BCUT2D eigenvalue weighted by molar-refractivity contribution is 0.102. The van der Waals surface area contributed by atoms with E-state index < -0.39 is 0 Å². The molecular formula is C17H13BrN2OS. The van der Waals surface area contributed by atoms with Crippen LogP contribution in [0.1, 0.15) is 15.9 Å². The summed E-state index contributed by atoms with van der Waals surface area (Å²) in [5.74, 6) is -0.161. The molecule has 0 aliphatic carbocycles. The Bertz CT molecular complexity index is 812. The van der Waals surface area contributed by atoms with Gasteiger partial charge >= 0.3 is 0 Å². The minimum absolute atomic E-state index is 0.161. The van der Waals surface area contributed by atoms with Crippen LogP contribution in [-0.2, 0) is 0 Å². The molecule has 5 heteroatoms. The third-order valence-electron chi connectivity index (χ3n) is 3.16. The van der Waals surface area contributed by atoms with Crippen LogP contribution in [0.15, 0.2) is 58.4 Å². The van der Waals surface area contributed by atoms with Gasteiger partial charge in [-0.25, -0.2) is 4.98 Å². The summed E-state index contributed by atoms with van der Waals surface area (Å²) in [4.78, 5) is 16.7. The van der Waals surface area contributed by atoms with Crippen molar-refractivity contribution in [2.24, 2.45) is 0 Å². The molecule has 0 fully saturated rings. The number of halogens is 1. The van der Waals surface area contributed by atoms with Gasteiger partial charge in [-0.15, -0.1) is 11.3 Å². The van der Waals surface area contributed by atoms with E-state index in [1.165, 1.54) is 16.9 Å². The molecule has 1 aromatic heterocycles. The molecule has 1 amide bonds. The van der Waals surface area contributed by atoms with Crippen LogP contribution in [0.4, 0.5) is 5.13 Å². The summed E-state index contributed by atoms with van der Waals surface area (Å²) in [6.07, 6.45) is 0. The molecule has 1 heterocycles. The SMILES string of the molecule is Cc1ccc(-c2csc(NC(=O)c3cccc(Br)c3)n2)cc1. The third kappa shape index (κ3) is 3.43. The lowest BCUT2D eigenvalue weighted by Crippen LogP contribution is -2.11. The van der Waals surface area contributed by atoms with Crippen LogP contribution in [0.25, 0.3) is 11.3 Å². The molecule has 0 radical (unpaired) electrons. The van der Waals surface area contributed by atoms with Crippen molar-refractivity contribution in [3.8, 4) is 11.3 Å². The van der Waals surface area contributed by atoms with Gasteiger partial charge in [0.1, 0.15) is 0 Å². The monoisotopic (exact) mass is 372 g/mol. The molecule has 110 valence electrons. The summed E-state index contributed by atoms with van der Waals surface area (Å²) in [5.41, 5.74) is 3.72. The van der Waals surface area contributed by atoms with Gasteiger partial charge in [-0.2, -0.15) is 0 Å². The summed E-state index contributed by atoms with van der Waals surface area (Å²) >= 11 is 4.78. The molecule has 1 N–H and O–H groups in total. The van der Waals surface area contributed by atoms with Gasteiger partial charge in [0.05, 0.1) is 5.69 Å². The number of amides is 1. The highest BCUT2D eigenvalue weighted by atomic mass is 79.9. The quantitative estimate of drug-likeness (QED) is 0.691. The maximum atomic E-state index is 12.2. The third-order valence-corrected chi connectivity index (χ3v) is 4.41. The number of benzene rings is 2. The molecule has 3 aromatic rings. The highest BCUT2D eigenvalue weighted by Crippen LogP contribution is 2.25. The van der Waals surface area contributed by atoms with E-state index in [4.69, 9.17) is 0 Å². The van der Waals surface area contributed by atoms with E-state index in [0.717, 1.165) is 15.7 Å². The number of nitrogens with one attached hydrogen (secondary N) is 1. The number of anilines is 1. The van der Waals surface area contributed by atoms with E-state index in [0.29, 0.717) is 10.7 Å². The molecule has 0 aliphatic rings. The standard InChI is InChI=1S/C17H13BrN2OS/c1-11-5-7-12(8-6-11)15-10-22-17(19-15)20-16(21)13-3-2-4-14(18)9-13/h2-10H,1H3,(H,19,20,21). The summed E-state index contributed by atoms with van der Waals surface area (Å²) in [5, 5.41) is 5.38. The summed E-state index contributed by atoms with van der Waals surface area (Å²) in [6.45, 7) is 2.05. The molecule has 2 aromatic carbocycles. The topological polar surface area (TPSA) is 42.0 Å². The second kappa shape index (κ2) is 6.42. The van der Waals surface area contributed by atoms with Crippen LogP contribution in [0, 0.1) is 6.92 Å². The number of rotatable bonds is 3. The molecule has 3 nitrogen and oxygen atoms in total. The maximum Gasteiger partial charge on any atom is 0.257 e. The first-order valence-corrected chi connectivity index (χ1v) is 8.38. The average molecular weight is 373 g/mol. The maximum absolute atomic E-state index is 12.2. The number of aromatic nitrogens is 1. The number of aryl methyl sites for hydroxylation is 1. The lowest BCUT2D eigenvalue weighted by atomic mass is 10.1. The minimum Gasteiger partial charge on any atom is -0.298 e. The first-order chi connectivity index (χ1) is 10.6. The van der Waals surface area contributed by atoms with E-state index in [-0.39, 0.29) is 5.91 Å². The Labute approximate surface area is 141 Å². The fraction of sp³-hybridized carbons (Fsp3) is 0.0588. The van der Waals surface area contributed by atoms with Gasteiger partial charge in [-0.1, -0.05) is 51.8 Å². The second-order valence-electron chi connectivity index (χ2n) is 4.87. The van der Waals surface area contributed by atoms with Gasteiger partial charge in [0.2, 0.25) is 0 Å². The molecule has 0 bridgehead atoms. The van der Waals surface area contributed by atoms with Crippen molar-refractivity contribution < 1.29 is 4.79 Å². The lowest BCUT2D eigenvalue weighted by Gasteiger charge is -2.02. The first kappa shape index (κ1) is 14.9. The molecule has 0 saturated carbocycles. The Hall–Kier alpha value is -1.98. The van der Waals surface area contributed by atoms with Crippen molar-refractivity contribution in [2.45, 2.75) is 6.92 Å². The van der Waals surface area contributed by atoms with Crippen molar-refractivity contribution in [3.05, 3.63) is 69.5 Å². The van der Waals surface area contributed by atoms with Gasteiger partial charge in [-0.3, -0.25) is 10.1 Å². The van der Waals surface area contributed by atoms with Crippen molar-refractivity contribution in [1.82, 2.24) is 4.98 Å². The Balaban J connectivity index is 1.77. The molecule has 0 unspecified atom stereocenters. The van der Waals surface area contributed by atoms with Crippen molar-refractivity contribution in [2.75, 3.05) is 5.32 Å². The summed E-state index contributed by atoms with van der Waals surface area (Å²) in [7, 11) is 0. The minimum atomic E-state index is -0.161. The van der Waals surface area contributed by atoms with Crippen molar-refractivity contribution in [1.29, 1.82) is 0 Å². The van der Waals surface area contributed by atoms with E-state index in [1.807, 2.05) is 29.6 Å². The predicted octanol–water partition coefficient (Wildman–Crippen LogP) is 5.13. The van der Waals surface area contributed by atoms with Crippen LogP contribution in [0.5, 0.6) is 0 Å². The second-order valence-corrected chi connectivity index (χ2v) is 6.64. The summed E-state index contributed by atoms with van der Waals surface area (Å²) < 4.78 is 0.875. The molecule has 0 spiro atoms. The van der Waals surface area contributed by atoms with Crippen LogP contribution < -0.4 is 5.32 Å². The Morgan fingerprint density at radius 2 is 1.95 bits per heavy atom. The van der Waals surface area contributed by atoms with Gasteiger partial charge in [0.25, 0.3) is 5.91 Å². The molecule has 0 saturated heterocycles. The van der Waals surface area contributed by atoms with E-state index in [1.54, 1.807) is 12.1 Å². The summed E-state index contributed by atoms with van der Waals surface area (Å²) in [6, 6.07) is 15.4. The van der Waals surface area contributed by atoms with Crippen LogP contribution in [-0.4, -0.2) is 10.9 Å². The van der Waals surface area contributed by atoms with Crippen LogP contribution >= 0.6 is 27.3 Å². The van der Waals surface area contributed by atoms with Gasteiger partial charge < -0.3 is 0 Å². The fourth-order valence-corrected chi connectivity index (χ4v) is 3.10. The molecule has 22 heavy (non-hydrogen) atoms. The largest absolute Gasteiger partial charge is 0.298 e. The number of carbonyl (C=O) groups excluding carboxylic acids is 1. The Morgan fingerprint density at radius 3 is 2.68 bits per heavy atom. The van der Waals surface area contributed by atoms with Gasteiger partial charge in [-0.05, 0) is 25.1 Å². The average Bonchev–Trinajstić information content (AvgIpc) is 2.96. The first-order valence-electron chi connectivity index (χ1n) is 6.71. The smallest absolute Gasteiger partial charge is 0.257 e. The number of hydrogen-bond acceptors (Lipinski definition) is 3. The molecular weight excluding hydrogens is 360 g/mol. The highest BCUT2D eigenvalue weighted by molar-refractivity contribution is 9.10. The van der Waals surface area contributed by atoms with Crippen molar-refractivity contribution in [3.63, 3.8) is 0 Å². The zero-order valence-corrected chi connectivity index (χ0v) is 14.2. The van der Waals surface area contributed by atoms with E-state index in [9.17, 15) is 4.79 Å². The number of nitrogens with zero attached hydrogens (tertiary/aromatic N) is 1. The fourth-order valence-electron chi connectivity index (χ4n) is 1.99. The van der Waals surface area contributed by atoms with E-state index >= 15 is 0 Å². The van der Waals surface area contributed by atoms with Crippen LogP contribution in [0.2, 0.25) is 0 Å². The Kier molecular flexibility index (Phi) is 4.36. The molecule has 0 aliphatic heterocycles. The molecule has 3 rings (SSSR count). The number of thiazole rings is 1. The zero-order valence-electron chi connectivity index (χ0n) is 11.8. The molecule has 0 atom stereocenters. The predicted molar refractivity (Wildman–Crippen MR) is 94.4 cm³/mol. The number of hydrogen-bond donors (Lipinski definition) is 1. The highest BCUT2D eigenvalue weighted by Gasteiger charge is 2.10. The van der Waals surface area contributed by atoms with Crippen molar-refractivity contribution >= 4 is 38.3 Å². The van der Waals surface area contributed by atoms with Crippen LogP contribution in [0.3, 0.4) is 0 Å². The van der Waals surface area contributed by atoms with Gasteiger partial charge in [0.15, 0.2) is 5.13 Å². The number of carbonyl (C=O) groups is 1. The Morgan fingerprint density at radius 1 is 1.18 bits per heavy atom.